The molecule has 0 aliphatic heterocycles. The van der Waals surface area contributed by atoms with Crippen LogP contribution in [-0.2, 0) is 6.54 Å². The van der Waals surface area contributed by atoms with E-state index in [-0.39, 0.29) is 5.78 Å². The molecule has 3 nitrogen and oxygen atoms in total. The maximum Gasteiger partial charge on any atom is 0.195 e. The third kappa shape index (κ3) is 2.32. The van der Waals surface area contributed by atoms with E-state index < -0.39 is 0 Å². The third-order valence-electron chi connectivity index (χ3n) is 3.22. The Morgan fingerprint density at radius 1 is 1.15 bits per heavy atom. The quantitative estimate of drug-likeness (QED) is 0.683. The van der Waals surface area contributed by atoms with Crippen molar-refractivity contribution in [1.82, 2.24) is 9.55 Å². The van der Waals surface area contributed by atoms with Gasteiger partial charge in [-0.25, -0.2) is 4.98 Å². The number of hydrogen-bond acceptors (Lipinski definition) is 2. The summed E-state index contributed by atoms with van der Waals surface area (Å²) < 4.78 is 1.95. The van der Waals surface area contributed by atoms with E-state index in [4.69, 9.17) is 11.6 Å². The highest BCUT2D eigenvalue weighted by Gasteiger charge is 2.14. The van der Waals surface area contributed by atoms with Crippen LogP contribution in [0.4, 0.5) is 0 Å². The van der Waals surface area contributed by atoms with E-state index >= 15 is 0 Å². The maximum atomic E-state index is 11.8. The number of halogens is 1. The molecule has 3 rings (SSSR count). The summed E-state index contributed by atoms with van der Waals surface area (Å²) in [5.74, 6) is 0.455. The topological polar surface area (TPSA) is 34.9 Å². The number of benzene rings is 2. The molecule has 1 aromatic heterocycles. The summed E-state index contributed by atoms with van der Waals surface area (Å²) in [7, 11) is 0. The molecule has 0 N–H and O–H groups in total. The number of Topliss-reactive ketones (excluding diaryl/α,β-unsaturated/α-hetero) is 1. The molecular weight excluding hydrogens is 272 g/mol. The van der Waals surface area contributed by atoms with Gasteiger partial charge in [-0.2, -0.15) is 0 Å². The van der Waals surface area contributed by atoms with Crippen molar-refractivity contribution in [2.24, 2.45) is 0 Å². The standard InChI is InChI=1S/C16H13ClN2O/c1-11(20)16-18-14-4-2-3-5-15(14)19(16)10-12-6-8-13(17)9-7-12/h2-9H,10H2,1H3. The molecule has 0 unspecified atom stereocenters. The molecule has 0 amide bonds. The first-order valence-corrected chi connectivity index (χ1v) is 6.73. The summed E-state index contributed by atoms with van der Waals surface area (Å²) in [6.07, 6.45) is 0. The Bertz CT molecular complexity index is 775. The zero-order chi connectivity index (χ0) is 14.1. The molecule has 0 saturated carbocycles. The van der Waals surface area contributed by atoms with Gasteiger partial charge in [-0.15, -0.1) is 0 Å². The molecule has 1 heterocycles. The highest BCUT2D eigenvalue weighted by molar-refractivity contribution is 6.30. The van der Waals surface area contributed by atoms with Crippen molar-refractivity contribution in [2.45, 2.75) is 13.5 Å². The fourth-order valence-corrected chi connectivity index (χ4v) is 2.40. The van der Waals surface area contributed by atoms with Crippen molar-refractivity contribution in [2.75, 3.05) is 0 Å². The number of carbonyl (C=O) groups is 1. The van der Waals surface area contributed by atoms with Crippen molar-refractivity contribution < 1.29 is 4.79 Å². The number of ketones is 1. The van der Waals surface area contributed by atoms with Crippen molar-refractivity contribution >= 4 is 28.4 Å². The summed E-state index contributed by atoms with van der Waals surface area (Å²) in [4.78, 5) is 16.2. The Balaban J connectivity index is 2.11. The number of fused-ring (bicyclic) bond motifs is 1. The van der Waals surface area contributed by atoms with Crippen LogP contribution in [0.1, 0.15) is 23.1 Å². The summed E-state index contributed by atoms with van der Waals surface area (Å²) in [6.45, 7) is 2.15. The largest absolute Gasteiger partial charge is 0.317 e. The zero-order valence-electron chi connectivity index (χ0n) is 11.0. The van der Waals surface area contributed by atoms with E-state index in [0.717, 1.165) is 16.6 Å². The SMILES string of the molecule is CC(=O)c1nc2ccccc2n1Cc1ccc(Cl)cc1. The van der Waals surface area contributed by atoms with Crippen LogP contribution in [0.3, 0.4) is 0 Å². The molecule has 20 heavy (non-hydrogen) atoms. The van der Waals surface area contributed by atoms with Gasteiger partial charge in [-0.1, -0.05) is 35.9 Å². The molecule has 100 valence electrons. The zero-order valence-corrected chi connectivity index (χ0v) is 11.8. The molecule has 0 aliphatic carbocycles. The molecule has 3 aromatic rings. The number of para-hydroxylation sites is 2. The van der Waals surface area contributed by atoms with E-state index in [2.05, 4.69) is 4.98 Å². The van der Waals surface area contributed by atoms with Crippen LogP contribution in [-0.4, -0.2) is 15.3 Å². The molecule has 0 aliphatic rings. The van der Waals surface area contributed by atoms with Crippen molar-refractivity contribution in [1.29, 1.82) is 0 Å². The van der Waals surface area contributed by atoms with Gasteiger partial charge in [0.25, 0.3) is 0 Å². The van der Waals surface area contributed by atoms with E-state index in [1.165, 1.54) is 0 Å². The van der Waals surface area contributed by atoms with Crippen LogP contribution in [0.5, 0.6) is 0 Å². The van der Waals surface area contributed by atoms with Gasteiger partial charge in [0, 0.05) is 18.5 Å². The lowest BCUT2D eigenvalue weighted by Gasteiger charge is -2.07. The van der Waals surface area contributed by atoms with Gasteiger partial charge < -0.3 is 4.57 Å². The van der Waals surface area contributed by atoms with Gasteiger partial charge in [0.05, 0.1) is 11.0 Å². The Hall–Kier alpha value is -2.13. The van der Waals surface area contributed by atoms with Crippen LogP contribution in [0.25, 0.3) is 11.0 Å². The second kappa shape index (κ2) is 5.10. The molecule has 0 saturated heterocycles. The monoisotopic (exact) mass is 284 g/mol. The van der Waals surface area contributed by atoms with Crippen molar-refractivity contribution in [3.05, 3.63) is 64.9 Å². The highest BCUT2D eigenvalue weighted by atomic mass is 35.5. The molecular formula is C16H13ClN2O. The Kier molecular flexibility index (Phi) is 3.28. The van der Waals surface area contributed by atoms with Crippen LogP contribution in [0.2, 0.25) is 5.02 Å². The normalized spacial score (nSPS) is 10.9. The second-order valence-corrected chi connectivity index (χ2v) is 5.13. The molecule has 0 spiro atoms. The predicted octanol–water partition coefficient (Wildman–Crippen LogP) is 3.94. The summed E-state index contributed by atoms with van der Waals surface area (Å²) in [5.41, 5.74) is 2.89. The van der Waals surface area contributed by atoms with Gasteiger partial charge in [0.2, 0.25) is 0 Å². The fourth-order valence-electron chi connectivity index (χ4n) is 2.28. The lowest BCUT2D eigenvalue weighted by Crippen LogP contribution is -2.08. The minimum atomic E-state index is -0.0323. The van der Waals surface area contributed by atoms with E-state index in [1.54, 1.807) is 6.92 Å². The van der Waals surface area contributed by atoms with Crippen molar-refractivity contribution in [3.8, 4) is 0 Å². The van der Waals surface area contributed by atoms with E-state index in [9.17, 15) is 4.79 Å². The number of carbonyl (C=O) groups excluding carboxylic acids is 1. The summed E-state index contributed by atoms with van der Waals surface area (Å²) in [5, 5.41) is 0.705. The minimum Gasteiger partial charge on any atom is -0.317 e. The summed E-state index contributed by atoms with van der Waals surface area (Å²) >= 11 is 5.90. The Morgan fingerprint density at radius 2 is 1.85 bits per heavy atom. The first-order chi connectivity index (χ1) is 9.65. The smallest absolute Gasteiger partial charge is 0.195 e. The van der Waals surface area contributed by atoms with Gasteiger partial charge in [-0.3, -0.25) is 4.79 Å². The molecule has 0 fully saturated rings. The van der Waals surface area contributed by atoms with Gasteiger partial charge in [0.1, 0.15) is 0 Å². The van der Waals surface area contributed by atoms with Gasteiger partial charge in [-0.05, 0) is 29.8 Å². The van der Waals surface area contributed by atoms with E-state index in [0.29, 0.717) is 17.4 Å². The van der Waals surface area contributed by atoms with Crippen LogP contribution >= 0.6 is 11.6 Å². The second-order valence-electron chi connectivity index (χ2n) is 4.69. The first kappa shape index (κ1) is 12.9. The molecule has 0 radical (unpaired) electrons. The molecule has 0 atom stereocenters. The first-order valence-electron chi connectivity index (χ1n) is 6.36. The Labute approximate surface area is 121 Å². The number of aromatic nitrogens is 2. The summed E-state index contributed by atoms with van der Waals surface area (Å²) in [6, 6.07) is 15.4. The van der Waals surface area contributed by atoms with Crippen molar-refractivity contribution in [3.63, 3.8) is 0 Å². The maximum absolute atomic E-state index is 11.8. The Morgan fingerprint density at radius 3 is 2.55 bits per heavy atom. The highest BCUT2D eigenvalue weighted by Crippen LogP contribution is 2.19. The lowest BCUT2D eigenvalue weighted by atomic mass is 10.2. The van der Waals surface area contributed by atoms with Crippen LogP contribution in [0, 0.1) is 0 Å². The average Bonchev–Trinajstić information content (AvgIpc) is 2.81. The molecule has 2 aromatic carbocycles. The van der Waals surface area contributed by atoms with Gasteiger partial charge in [0.15, 0.2) is 11.6 Å². The minimum absolute atomic E-state index is 0.0323. The van der Waals surface area contributed by atoms with Crippen LogP contribution < -0.4 is 0 Å². The number of imidazole rings is 1. The van der Waals surface area contributed by atoms with Crippen LogP contribution in [0.15, 0.2) is 48.5 Å². The fraction of sp³-hybridized carbons (Fsp3) is 0.125. The number of hydrogen-bond donors (Lipinski definition) is 0. The van der Waals surface area contributed by atoms with Gasteiger partial charge >= 0.3 is 0 Å². The number of nitrogens with zero attached hydrogens (tertiary/aromatic N) is 2. The molecule has 4 heteroatoms. The van der Waals surface area contributed by atoms with E-state index in [1.807, 2.05) is 53.1 Å². The lowest BCUT2D eigenvalue weighted by molar-refractivity contribution is 0.100. The third-order valence-corrected chi connectivity index (χ3v) is 3.48. The number of rotatable bonds is 3. The average molecular weight is 285 g/mol. The predicted molar refractivity (Wildman–Crippen MR) is 80.3 cm³/mol. The molecule has 0 bridgehead atoms.